The van der Waals surface area contributed by atoms with Crippen LogP contribution in [0.2, 0.25) is 0 Å². The maximum absolute atomic E-state index is 13.8. The highest BCUT2D eigenvalue weighted by Gasteiger charge is 2.68. The fourth-order valence-electron chi connectivity index (χ4n) is 12.0. The van der Waals surface area contributed by atoms with Gasteiger partial charge in [0, 0.05) is 17.3 Å². The van der Waals surface area contributed by atoms with E-state index in [9.17, 15) is 9.59 Å². The average Bonchev–Trinajstić information content (AvgIpc) is 3.87. The summed E-state index contributed by atoms with van der Waals surface area (Å²) in [5, 5.41) is 0. The third kappa shape index (κ3) is 6.42. The van der Waals surface area contributed by atoms with Gasteiger partial charge in [0.05, 0.1) is 11.1 Å². The Labute approximate surface area is 293 Å². The lowest BCUT2D eigenvalue weighted by Crippen LogP contribution is -2.61. The summed E-state index contributed by atoms with van der Waals surface area (Å²) < 4.78 is 12.9. The van der Waals surface area contributed by atoms with Crippen LogP contribution in [0.4, 0.5) is 11.4 Å². The van der Waals surface area contributed by atoms with Crippen molar-refractivity contribution in [1.29, 1.82) is 0 Å². The Bertz CT molecular complexity index is 1540. The number of anilines is 2. The first kappa shape index (κ1) is 34.2. The predicted molar refractivity (Wildman–Crippen MR) is 196 cm³/mol. The molecule has 5 saturated carbocycles. The van der Waals surface area contributed by atoms with E-state index < -0.39 is 0 Å². The Kier molecular flexibility index (Phi) is 9.38. The summed E-state index contributed by atoms with van der Waals surface area (Å²) in [5.74, 6) is 3.62. The van der Waals surface area contributed by atoms with Crippen molar-refractivity contribution in [2.45, 2.75) is 117 Å². The van der Waals surface area contributed by atoms with Crippen LogP contribution in [0.25, 0.3) is 0 Å². The molecule has 0 heterocycles. The van der Waals surface area contributed by atoms with Crippen LogP contribution < -0.4 is 11.5 Å². The average molecular weight is 667 g/mol. The summed E-state index contributed by atoms with van der Waals surface area (Å²) in [5.41, 5.74) is 16.1. The highest BCUT2D eigenvalue weighted by molar-refractivity contribution is 5.90. The van der Waals surface area contributed by atoms with E-state index in [-0.39, 0.29) is 35.5 Å². The zero-order chi connectivity index (χ0) is 34.5. The van der Waals surface area contributed by atoms with Crippen molar-refractivity contribution in [3.05, 3.63) is 71.3 Å². The molecule has 0 saturated heterocycles. The van der Waals surface area contributed by atoms with Gasteiger partial charge < -0.3 is 20.9 Å². The van der Waals surface area contributed by atoms with Gasteiger partial charge in [-0.2, -0.15) is 0 Å². The first-order chi connectivity index (χ1) is 23.5. The van der Waals surface area contributed by atoms with Gasteiger partial charge in [0.2, 0.25) is 0 Å². The summed E-state index contributed by atoms with van der Waals surface area (Å²) in [6, 6.07) is 14.1. The smallest absolute Gasteiger partial charge is 0.338 e. The number of nitrogen functional groups attached to an aromatic ring is 2. The van der Waals surface area contributed by atoms with Crippen molar-refractivity contribution in [3.63, 3.8) is 0 Å². The molecule has 0 bridgehead atoms. The van der Waals surface area contributed by atoms with E-state index in [1.807, 2.05) is 0 Å². The molecule has 0 aromatic heterocycles. The van der Waals surface area contributed by atoms with Gasteiger partial charge in [-0.15, -0.1) is 0 Å². The number of ether oxygens (including phenoxy) is 2. The molecular weight excluding hydrogens is 608 g/mol. The molecule has 2 aromatic carbocycles. The Hall–Kier alpha value is -3.28. The van der Waals surface area contributed by atoms with Gasteiger partial charge in [-0.1, -0.05) is 25.5 Å². The topological polar surface area (TPSA) is 105 Å². The van der Waals surface area contributed by atoms with Gasteiger partial charge in [-0.05, 0) is 186 Å². The number of carbonyl (C=O) groups is 2. The maximum Gasteiger partial charge on any atom is 0.338 e. The zero-order valence-electron chi connectivity index (χ0n) is 30.2. The highest BCUT2D eigenvalue weighted by Crippen LogP contribution is 2.73. The summed E-state index contributed by atoms with van der Waals surface area (Å²) in [6.45, 7) is 9.55. The zero-order valence-corrected chi connectivity index (χ0v) is 30.2. The number of hydrogen-bond donors (Lipinski definition) is 2. The third-order valence-corrected chi connectivity index (χ3v) is 14.3. The van der Waals surface area contributed by atoms with Crippen LogP contribution in [0.1, 0.15) is 125 Å². The van der Waals surface area contributed by atoms with Gasteiger partial charge in [0.15, 0.2) is 0 Å². The minimum atomic E-state index is -0.294. The second-order valence-electron chi connectivity index (χ2n) is 17.2. The standard InChI is InChI=1S/C43H58N2O4/c1-26(2)6-5-7-27(3)35-18-19-36-34-25-39(49-41(47)29-10-16-32(45)17-11-29)38-24-33(48-40(46)28-8-14-31(44)15-9-28)20-23-43(38,30-12-13-30)37(34)21-22-42(35,36)4/h6,8-11,14-17,27,30,33-39H,5,7,12-13,18-25,44-45H2,1-4H3. The number of allylic oxidation sites excluding steroid dienone is 2. The number of esters is 2. The van der Waals surface area contributed by atoms with E-state index in [1.165, 1.54) is 56.9 Å². The molecule has 10 atom stereocenters. The largest absolute Gasteiger partial charge is 0.459 e. The quantitative estimate of drug-likeness (QED) is 0.157. The van der Waals surface area contributed by atoms with E-state index in [0.29, 0.717) is 57.5 Å². The molecule has 10 unspecified atom stereocenters. The van der Waals surface area contributed by atoms with Crippen LogP contribution in [0, 0.1) is 52.3 Å². The number of benzene rings is 2. The van der Waals surface area contributed by atoms with E-state index in [1.54, 1.807) is 48.5 Å². The fourth-order valence-corrected chi connectivity index (χ4v) is 12.0. The molecule has 264 valence electrons. The monoisotopic (exact) mass is 666 g/mol. The van der Waals surface area contributed by atoms with Gasteiger partial charge in [0.25, 0.3) is 0 Å². The third-order valence-electron chi connectivity index (χ3n) is 14.3. The van der Waals surface area contributed by atoms with Crippen LogP contribution in [0.5, 0.6) is 0 Å². The molecule has 7 rings (SSSR count). The highest BCUT2D eigenvalue weighted by atomic mass is 16.6. The van der Waals surface area contributed by atoms with Crippen molar-refractivity contribution in [2.75, 3.05) is 11.5 Å². The van der Waals surface area contributed by atoms with E-state index in [2.05, 4.69) is 33.8 Å². The Balaban J connectivity index is 1.18. The van der Waals surface area contributed by atoms with Crippen LogP contribution in [-0.2, 0) is 9.47 Å². The normalized spacial score (nSPS) is 35.6. The lowest BCUT2D eigenvalue weighted by Gasteiger charge is -2.64. The van der Waals surface area contributed by atoms with Crippen LogP contribution in [0.15, 0.2) is 60.2 Å². The molecule has 0 amide bonds. The minimum absolute atomic E-state index is 0.133. The molecule has 0 radical (unpaired) electrons. The molecule has 5 aliphatic rings. The van der Waals surface area contributed by atoms with Crippen LogP contribution in [-0.4, -0.2) is 24.1 Å². The van der Waals surface area contributed by atoms with Crippen molar-refractivity contribution in [1.82, 2.24) is 0 Å². The van der Waals surface area contributed by atoms with Crippen molar-refractivity contribution >= 4 is 23.3 Å². The molecule has 6 heteroatoms. The van der Waals surface area contributed by atoms with E-state index in [0.717, 1.165) is 31.6 Å². The molecule has 0 aliphatic heterocycles. The van der Waals surface area contributed by atoms with E-state index >= 15 is 0 Å². The number of hydrogen-bond acceptors (Lipinski definition) is 6. The van der Waals surface area contributed by atoms with Gasteiger partial charge in [-0.3, -0.25) is 0 Å². The molecule has 4 N–H and O–H groups in total. The second-order valence-corrected chi connectivity index (χ2v) is 17.2. The number of nitrogens with two attached hydrogens (primary N) is 2. The summed E-state index contributed by atoms with van der Waals surface area (Å²) >= 11 is 0. The first-order valence-corrected chi connectivity index (χ1v) is 19.3. The maximum atomic E-state index is 13.8. The lowest BCUT2D eigenvalue weighted by molar-refractivity contribution is -0.189. The lowest BCUT2D eigenvalue weighted by atomic mass is 9.42. The van der Waals surface area contributed by atoms with Crippen LogP contribution in [0.3, 0.4) is 0 Å². The second kappa shape index (κ2) is 13.5. The fraction of sp³-hybridized carbons (Fsp3) is 0.628. The SMILES string of the molecule is CC(C)=CCCC(C)C1CCC2C3CC(OC(=O)c4ccc(N)cc4)C4CC(OC(=O)c5ccc(N)cc5)CCC4(C4CC4)C3CCC12C. The Morgan fingerprint density at radius 2 is 1.43 bits per heavy atom. The number of carbonyl (C=O) groups excluding carboxylic acids is 2. The summed E-state index contributed by atoms with van der Waals surface area (Å²) in [6.07, 6.45) is 15.8. The minimum Gasteiger partial charge on any atom is -0.459 e. The Morgan fingerprint density at radius 3 is 2.04 bits per heavy atom. The molecule has 5 fully saturated rings. The predicted octanol–water partition coefficient (Wildman–Crippen LogP) is 9.64. The Morgan fingerprint density at radius 1 is 0.796 bits per heavy atom. The van der Waals surface area contributed by atoms with Gasteiger partial charge >= 0.3 is 11.9 Å². The summed E-state index contributed by atoms with van der Waals surface area (Å²) in [4.78, 5) is 27.1. The van der Waals surface area contributed by atoms with Crippen molar-refractivity contribution in [2.24, 2.45) is 52.3 Å². The molecule has 5 aliphatic carbocycles. The number of rotatable bonds is 9. The molecular formula is C43H58N2O4. The van der Waals surface area contributed by atoms with E-state index in [4.69, 9.17) is 20.9 Å². The van der Waals surface area contributed by atoms with Crippen molar-refractivity contribution < 1.29 is 19.1 Å². The van der Waals surface area contributed by atoms with Crippen LogP contribution >= 0.6 is 0 Å². The number of fused-ring (bicyclic) bond motifs is 5. The molecule has 0 spiro atoms. The molecule has 49 heavy (non-hydrogen) atoms. The molecule has 2 aromatic rings. The van der Waals surface area contributed by atoms with Gasteiger partial charge in [0.1, 0.15) is 12.2 Å². The summed E-state index contributed by atoms with van der Waals surface area (Å²) in [7, 11) is 0. The van der Waals surface area contributed by atoms with Crippen molar-refractivity contribution in [3.8, 4) is 0 Å². The molecule has 6 nitrogen and oxygen atoms in total. The first-order valence-electron chi connectivity index (χ1n) is 19.3. The van der Waals surface area contributed by atoms with Gasteiger partial charge in [-0.25, -0.2) is 9.59 Å².